The first-order valence-corrected chi connectivity index (χ1v) is 8.27. The molecule has 0 aliphatic carbocycles. The number of nitrogens with two attached hydrogens (primary N) is 1. The molecule has 0 aliphatic heterocycles. The quantitative estimate of drug-likeness (QED) is 0.680. The standard InChI is InChI=1S/C9H13N3O6S2/c1-2-18-9(13)12-20(16,17)11-7-4-3-5-8(6-7)19(10,14)15/h3-6,11H,2H2,1H3,(H,12,13)(H2,10,14,15). The highest BCUT2D eigenvalue weighted by atomic mass is 32.2. The fourth-order valence-electron chi connectivity index (χ4n) is 1.19. The number of carbonyl (C=O) groups excluding carboxylic acids is 1. The molecule has 0 unspecified atom stereocenters. The zero-order chi connectivity index (χ0) is 15.4. The van der Waals surface area contributed by atoms with Gasteiger partial charge in [0, 0.05) is 0 Å². The number of hydrogen-bond donors (Lipinski definition) is 3. The van der Waals surface area contributed by atoms with Crippen molar-refractivity contribution in [1.29, 1.82) is 0 Å². The first-order valence-electron chi connectivity index (χ1n) is 5.24. The molecule has 0 spiro atoms. The van der Waals surface area contributed by atoms with Crippen LogP contribution in [0.1, 0.15) is 6.92 Å². The third kappa shape index (κ3) is 5.03. The maximum Gasteiger partial charge on any atom is 0.422 e. The van der Waals surface area contributed by atoms with Gasteiger partial charge in [-0.25, -0.2) is 23.1 Å². The molecule has 1 amide bonds. The topological polar surface area (TPSA) is 145 Å². The van der Waals surface area contributed by atoms with Crippen molar-refractivity contribution in [1.82, 2.24) is 4.72 Å². The van der Waals surface area contributed by atoms with Crippen LogP contribution in [0.15, 0.2) is 29.2 Å². The molecule has 11 heteroatoms. The van der Waals surface area contributed by atoms with Crippen LogP contribution in [0.3, 0.4) is 0 Å². The van der Waals surface area contributed by atoms with Crippen molar-refractivity contribution < 1.29 is 26.4 Å². The molecule has 1 rings (SSSR count). The summed E-state index contributed by atoms with van der Waals surface area (Å²) in [5.74, 6) is 0. The Morgan fingerprint density at radius 3 is 2.50 bits per heavy atom. The monoisotopic (exact) mass is 323 g/mol. The van der Waals surface area contributed by atoms with E-state index in [1.807, 2.05) is 4.72 Å². The van der Waals surface area contributed by atoms with E-state index in [2.05, 4.69) is 4.74 Å². The number of primary sulfonamides is 1. The molecule has 9 nitrogen and oxygen atoms in total. The number of amides is 1. The van der Waals surface area contributed by atoms with E-state index in [0.29, 0.717) is 0 Å². The molecule has 0 aliphatic rings. The van der Waals surface area contributed by atoms with Crippen LogP contribution in [0.5, 0.6) is 0 Å². The van der Waals surface area contributed by atoms with E-state index < -0.39 is 26.3 Å². The molecule has 0 saturated carbocycles. The van der Waals surface area contributed by atoms with Gasteiger partial charge < -0.3 is 4.74 Å². The zero-order valence-electron chi connectivity index (χ0n) is 10.4. The number of carbonyl (C=O) groups is 1. The van der Waals surface area contributed by atoms with E-state index in [-0.39, 0.29) is 17.2 Å². The van der Waals surface area contributed by atoms with Crippen LogP contribution in [0.25, 0.3) is 0 Å². The predicted molar refractivity (Wildman–Crippen MR) is 70.5 cm³/mol. The molecule has 0 fully saturated rings. The van der Waals surface area contributed by atoms with Crippen molar-refractivity contribution in [3.63, 3.8) is 0 Å². The second kappa shape index (κ2) is 6.07. The number of nitrogens with one attached hydrogen (secondary N) is 2. The lowest BCUT2D eigenvalue weighted by molar-refractivity contribution is 0.159. The Hall–Kier alpha value is -1.85. The minimum atomic E-state index is -4.23. The second-order valence-corrected chi connectivity index (χ2v) is 6.48. The molecular weight excluding hydrogens is 310 g/mol. The molecule has 0 bridgehead atoms. The fourth-order valence-corrected chi connectivity index (χ4v) is 2.51. The van der Waals surface area contributed by atoms with Crippen LogP contribution in [-0.2, 0) is 25.0 Å². The van der Waals surface area contributed by atoms with Crippen molar-refractivity contribution in [2.45, 2.75) is 11.8 Å². The number of rotatable bonds is 5. The Labute approximate surface area is 116 Å². The fraction of sp³-hybridized carbons (Fsp3) is 0.222. The van der Waals surface area contributed by atoms with Crippen LogP contribution in [-0.4, -0.2) is 29.5 Å². The summed E-state index contributed by atoms with van der Waals surface area (Å²) < 4.78 is 53.3. The average Bonchev–Trinajstić information content (AvgIpc) is 2.26. The minimum Gasteiger partial charge on any atom is -0.449 e. The maximum atomic E-state index is 11.5. The Bertz CT molecular complexity index is 698. The lowest BCUT2D eigenvalue weighted by atomic mass is 10.3. The van der Waals surface area contributed by atoms with Crippen molar-refractivity contribution >= 4 is 32.0 Å². The highest BCUT2D eigenvalue weighted by molar-refractivity contribution is 7.91. The maximum absolute atomic E-state index is 11.5. The molecule has 1 aromatic carbocycles. The highest BCUT2D eigenvalue weighted by Crippen LogP contribution is 2.14. The summed E-state index contributed by atoms with van der Waals surface area (Å²) in [6, 6.07) is 4.80. The van der Waals surface area contributed by atoms with E-state index in [4.69, 9.17) is 5.14 Å². The van der Waals surface area contributed by atoms with Crippen LogP contribution in [0, 0.1) is 0 Å². The normalized spacial score (nSPS) is 11.7. The number of hydrogen-bond acceptors (Lipinski definition) is 6. The van der Waals surface area contributed by atoms with E-state index in [0.717, 1.165) is 6.07 Å². The molecule has 112 valence electrons. The molecule has 0 atom stereocenters. The zero-order valence-corrected chi connectivity index (χ0v) is 12.0. The van der Waals surface area contributed by atoms with Crippen LogP contribution < -0.4 is 14.6 Å². The predicted octanol–water partition coefficient (Wildman–Crippen LogP) is -0.263. The van der Waals surface area contributed by atoms with E-state index >= 15 is 0 Å². The van der Waals surface area contributed by atoms with Crippen molar-refractivity contribution in [3.05, 3.63) is 24.3 Å². The third-order valence-corrected chi connectivity index (χ3v) is 3.76. The smallest absolute Gasteiger partial charge is 0.422 e. The molecule has 0 saturated heterocycles. The molecule has 20 heavy (non-hydrogen) atoms. The Morgan fingerprint density at radius 1 is 1.30 bits per heavy atom. The van der Waals surface area contributed by atoms with Crippen LogP contribution in [0.2, 0.25) is 0 Å². The summed E-state index contributed by atoms with van der Waals surface area (Å²) in [6.45, 7) is 1.51. The van der Waals surface area contributed by atoms with Crippen molar-refractivity contribution in [3.8, 4) is 0 Å². The SMILES string of the molecule is CCOC(=O)NS(=O)(=O)Nc1cccc(S(N)(=O)=O)c1. The molecular formula is C9H13N3O6S2. The Balaban J connectivity index is 2.91. The van der Waals surface area contributed by atoms with Crippen molar-refractivity contribution in [2.75, 3.05) is 11.3 Å². The summed E-state index contributed by atoms with van der Waals surface area (Å²) >= 11 is 0. The van der Waals surface area contributed by atoms with Gasteiger partial charge in [-0.15, -0.1) is 0 Å². The average molecular weight is 323 g/mol. The van der Waals surface area contributed by atoms with Crippen molar-refractivity contribution in [2.24, 2.45) is 5.14 Å². The molecule has 0 radical (unpaired) electrons. The number of anilines is 1. The van der Waals surface area contributed by atoms with Gasteiger partial charge in [0.15, 0.2) is 0 Å². The summed E-state index contributed by atoms with van der Waals surface area (Å²) in [6.07, 6.45) is -1.15. The van der Waals surface area contributed by atoms with Gasteiger partial charge in [-0.1, -0.05) is 6.07 Å². The lowest BCUT2D eigenvalue weighted by Crippen LogP contribution is -2.35. The first-order chi connectivity index (χ1) is 9.14. The number of sulfonamides is 1. The lowest BCUT2D eigenvalue weighted by Gasteiger charge is -2.09. The number of ether oxygens (including phenoxy) is 1. The highest BCUT2D eigenvalue weighted by Gasteiger charge is 2.16. The van der Waals surface area contributed by atoms with Gasteiger partial charge in [0.05, 0.1) is 17.2 Å². The van der Waals surface area contributed by atoms with Gasteiger partial charge in [-0.3, -0.25) is 4.72 Å². The van der Waals surface area contributed by atoms with Gasteiger partial charge >= 0.3 is 16.3 Å². The summed E-state index contributed by atoms with van der Waals surface area (Å²) in [5.41, 5.74) is -0.0756. The van der Waals surface area contributed by atoms with Gasteiger partial charge in [0.2, 0.25) is 10.0 Å². The van der Waals surface area contributed by atoms with E-state index in [9.17, 15) is 21.6 Å². The summed E-state index contributed by atoms with van der Waals surface area (Å²) in [7, 11) is -8.19. The summed E-state index contributed by atoms with van der Waals surface area (Å²) in [4.78, 5) is 10.7. The molecule has 0 heterocycles. The second-order valence-electron chi connectivity index (χ2n) is 3.50. The van der Waals surface area contributed by atoms with Gasteiger partial charge in [-0.05, 0) is 25.1 Å². The Kier molecular flexibility index (Phi) is 4.92. The minimum absolute atomic E-state index is 0.00224. The molecule has 1 aromatic rings. The van der Waals surface area contributed by atoms with E-state index in [1.165, 1.54) is 25.1 Å². The molecule has 4 N–H and O–H groups in total. The van der Waals surface area contributed by atoms with E-state index in [1.54, 1.807) is 4.72 Å². The summed E-state index contributed by atoms with van der Waals surface area (Å²) in [5, 5.41) is 4.91. The van der Waals surface area contributed by atoms with Crippen LogP contribution >= 0.6 is 0 Å². The van der Waals surface area contributed by atoms with Crippen LogP contribution in [0.4, 0.5) is 10.5 Å². The third-order valence-electron chi connectivity index (χ3n) is 1.91. The van der Waals surface area contributed by atoms with Gasteiger partial charge in [0.25, 0.3) is 0 Å². The molecule has 0 aromatic heterocycles. The van der Waals surface area contributed by atoms with Gasteiger partial charge in [-0.2, -0.15) is 8.42 Å². The number of benzene rings is 1. The Morgan fingerprint density at radius 2 is 1.95 bits per heavy atom. The largest absolute Gasteiger partial charge is 0.449 e. The van der Waals surface area contributed by atoms with Gasteiger partial charge in [0.1, 0.15) is 0 Å². The first kappa shape index (κ1) is 16.2.